The topological polar surface area (TPSA) is 77.0 Å². The van der Waals surface area contributed by atoms with Crippen LogP contribution in [0.4, 0.5) is 0 Å². The summed E-state index contributed by atoms with van der Waals surface area (Å²) in [6.45, 7) is 5.97. The third kappa shape index (κ3) is 13.3. The van der Waals surface area contributed by atoms with Crippen LogP contribution in [-0.4, -0.2) is 63.8 Å². The number of hydrogen-bond acceptors (Lipinski definition) is 5. The van der Waals surface area contributed by atoms with Crippen molar-refractivity contribution >= 4 is 5.97 Å². The van der Waals surface area contributed by atoms with Crippen LogP contribution in [0.1, 0.15) is 6.92 Å². The molecule has 0 saturated heterocycles. The van der Waals surface area contributed by atoms with Gasteiger partial charge >= 0.3 is 5.97 Å². The van der Waals surface area contributed by atoms with Crippen molar-refractivity contribution in [1.82, 2.24) is 5.32 Å². The smallest absolute Gasteiger partial charge is 0.329 e. The van der Waals surface area contributed by atoms with Gasteiger partial charge in [0.1, 0.15) is 6.61 Å². The Balaban J connectivity index is 2.90. The van der Waals surface area contributed by atoms with Gasteiger partial charge in [0.15, 0.2) is 0 Å². The molecule has 0 rings (SSSR count). The number of hydrogen-bond donors (Lipinski definition) is 2. The van der Waals surface area contributed by atoms with E-state index in [-0.39, 0.29) is 6.61 Å². The van der Waals surface area contributed by atoms with E-state index < -0.39 is 5.97 Å². The van der Waals surface area contributed by atoms with E-state index in [9.17, 15) is 4.79 Å². The number of aliphatic carboxylic acids is 1. The van der Waals surface area contributed by atoms with Gasteiger partial charge in [-0.25, -0.2) is 4.79 Å². The van der Waals surface area contributed by atoms with Crippen LogP contribution in [0.25, 0.3) is 0 Å². The van der Waals surface area contributed by atoms with Crippen LogP contribution in [0, 0.1) is 0 Å². The predicted molar refractivity (Wildman–Crippen MR) is 58.6 cm³/mol. The molecule has 0 aromatic rings. The minimum atomic E-state index is -0.966. The van der Waals surface area contributed by atoms with E-state index in [0.29, 0.717) is 33.0 Å². The molecule has 0 spiro atoms. The van der Waals surface area contributed by atoms with Gasteiger partial charge in [0, 0.05) is 6.54 Å². The molecule has 0 amide bonds. The van der Waals surface area contributed by atoms with Crippen molar-refractivity contribution in [2.24, 2.45) is 0 Å². The number of carbonyl (C=O) groups is 1. The van der Waals surface area contributed by atoms with Gasteiger partial charge in [-0.1, -0.05) is 6.92 Å². The summed E-state index contributed by atoms with van der Waals surface area (Å²) in [5, 5.41) is 11.4. The van der Waals surface area contributed by atoms with Gasteiger partial charge in [-0.05, 0) is 6.54 Å². The number of nitrogens with one attached hydrogen (secondary N) is 1. The molecule has 0 heterocycles. The SMILES string of the molecule is CCNCCOCCOCCOCC(=O)O. The van der Waals surface area contributed by atoms with Gasteiger partial charge in [0.05, 0.1) is 33.0 Å². The first-order chi connectivity index (χ1) is 7.77. The summed E-state index contributed by atoms with van der Waals surface area (Å²) in [7, 11) is 0. The van der Waals surface area contributed by atoms with Gasteiger partial charge in [-0.15, -0.1) is 0 Å². The summed E-state index contributed by atoms with van der Waals surface area (Å²) in [5.41, 5.74) is 0. The molecular weight excluding hydrogens is 214 g/mol. The lowest BCUT2D eigenvalue weighted by atomic mass is 10.6. The maximum Gasteiger partial charge on any atom is 0.329 e. The van der Waals surface area contributed by atoms with E-state index >= 15 is 0 Å². The van der Waals surface area contributed by atoms with Crippen LogP contribution in [0.3, 0.4) is 0 Å². The van der Waals surface area contributed by atoms with Crippen LogP contribution in [0.15, 0.2) is 0 Å². The zero-order valence-corrected chi connectivity index (χ0v) is 9.74. The minimum absolute atomic E-state index is 0.275. The second-order valence-electron chi connectivity index (χ2n) is 3.02. The predicted octanol–water partition coefficient (Wildman–Crippen LogP) is -0.270. The lowest BCUT2D eigenvalue weighted by Crippen LogP contribution is -2.20. The molecular formula is C10H21NO5. The Morgan fingerprint density at radius 3 is 2.19 bits per heavy atom. The van der Waals surface area contributed by atoms with E-state index in [1.807, 2.05) is 6.92 Å². The van der Waals surface area contributed by atoms with Crippen molar-refractivity contribution in [3.05, 3.63) is 0 Å². The monoisotopic (exact) mass is 235 g/mol. The standard InChI is InChI=1S/C10H21NO5/c1-2-11-3-4-14-5-6-15-7-8-16-9-10(12)13/h11H,2-9H2,1H3,(H,12,13). The summed E-state index contributed by atoms with van der Waals surface area (Å²) >= 11 is 0. The lowest BCUT2D eigenvalue weighted by Gasteiger charge is -2.06. The Morgan fingerprint density at radius 1 is 1.06 bits per heavy atom. The molecule has 0 saturated carbocycles. The Labute approximate surface area is 95.9 Å². The van der Waals surface area contributed by atoms with Crippen LogP contribution < -0.4 is 5.32 Å². The van der Waals surface area contributed by atoms with Gasteiger partial charge in [-0.3, -0.25) is 0 Å². The van der Waals surface area contributed by atoms with Gasteiger partial charge in [0.2, 0.25) is 0 Å². The van der Waals surface area contributed by atoms with Crippen LogP contribution in [-0.2, 0) is 19.0 Å². The summed E-state index contributed by atoms with van der Waals surface area (Å²) < 4.78 is 15.2. The molecule has 0 aliphatic rings. The average molecular weight is 235 g/mol. The van der Waals surface area contributed by atoms with Crippen molar-refractivity contribution < 1.29 is 24.1 Å². The molecule has 2 N–H and O–H groups in total. The molecule has 0 aromatic heterocycles. The molecule has 6 nitrogen and oxygen atoms in total. The van der Waals surface area contributed by atoms with E-state index in [4.69, 9.17) is 19.3 Å². The van der Waals surface area contributed by atoms with E-state index in [0.717, 1.165) is 13.1 Å². The van der Waals surface area contributed by atoms with Crippen molar-refractivity contribution in [2.45, 2.75) is 6.92 Å². The molecule has 0 radical (unpaired) electrons. The molecule has 0 atom stereocenters. The highest BCUT2D eigenvalue weighted by atomic mass is 16.5. The fraction of sp³-hybridized carbons (Fsp3) is 0.900. The largest absolute Gasteiger partial charge is 0.480 e. The zero-order chi connectivity index (χ0) is 12.1. The Kier molecular flexibility index (Phi) is 11.8. The molecule has 6 heteroatoms. The van der Waals surface area contributed by atoms with Crippen molar-refractivity contribution in [3.63, 3.8) is 0 Å². The summed E-state index contributed by atoms with van der Waals surface area (Å²) in [5.74, 6) is -0.966. The van der Waals surface area contributed by atoms with Crippen molar-refractivity contribution in [2.75, 3.05) is 52.7 Å². The first kappa shape index (κ1) is 15.3. The van der Waals surface area contributed by atoms with Gasteiger partial charge < -0.3 is 24.6 Å². The Bertz CT molecular complexity index is 165. The Morgan fingerprint density at radius 2 is 1.62 bits per heavy atom. The highest BCUT2D eigenvalue weighted by Gasteiger charge is 1.95. The summed E-state index contributed by atoms with van der Waals surface area (Å²) in [6, 6.07) is 0. The third-order valence-electron chi connectivity index (χ3n) is 1.64. The summed E-state index contributed by atoms with van der Waals surface area (Å²) in [4.78, 5) is 10.1. The number of likely N-dealkylation sites (N-methyl/N-ethyl adjacent to an activating group) is 1. The average Bonchev–Trinajstić information content (AvgIpc) is 2.25. The number of rotatable bonds is 12. The van der Waals surface area contributed by atoms with Gasteiger partial charge in [0.25, 0.3) is 0 Å². The second-order valence-corrected chi connectivity index (χ2v) is 3.02. The van der Waals surface area contributed by atoms with Crippen molar-refractivity contribution in [1.29, 1.82) is 0 Å². The van der Waals surface area contributed by atoms with Crippen LogP contribution >= 0.6 is 0 Å². The Hall–Kier alpha value is -0.690. The molecule has 0 unspecified atom stereocenters. The normalized spacial score (nSPS) is 10.6. The highest BCUT2D eigenvalue weighted by Crippen LogP contribution is 1.81. The molecule has 0 fully saturated rings. The lowest BCUT2D eigenvalue weighted by molar-refractivity contribution is -0.142. The molecule has 0 aromatic carbocycles. The molecule has 16 heavy (non-hydrogen) atoms. The molecule has 0 aliphatic carbocycles. The molecule has 0 aliphatic heterocycles. The second kappa shape index (κ2) is 12.4. The van der Waals surface area contributed by atoms with Crippen LogP contribution in [0.5, 0.6) is 0 Å². The van der Waals surface area contributed by atoms with Crippen molar-refractivity contribution in [3.8, 4) is 0 Å². The minimum Gasteiger partial charge on any atom is -0.480 e. The zero-order valence-electron chi connectivity index (χ0n) is 9.74. The number of carboxylic acid groups (broad SMARTS) is 1. The fourth-order valence-corrected chi connectivity index (χ4v) is 0.920. The first-order valence-corrected chi connectivity index (χ1v) is 5.43. The number of ether oxygens (including phenoxy) is 3. The number of carboxylic acids is 1. The highest BCUT2D eigenvalue weighted by molar-refractivity contribution is 5.67. The van der Waals surface area contributed by atoms with E-state index in [1.165, 1.54) is 0 Å². The van der Waals surface area contributed by atoms with Crippen LogP contribution in [0.2, 0.25) is 0 Å². The fourth-order valence-electron chi connectivity index (χ4n) is 0.920. The summed E-state index contributed by atoms with van der Waals surface area (Å²) in [6.07, 6.45) is 0. The van der Waals surface area contributed by atoms with E-state index in [2.05, 4.69) is 5.32 Å². The maximum atomic E-state index is 10.1. The molecule has 0 bridgehead atoms. The van der Waals surface area contributed by atoms with E-state index in [1.54, 1.807) is 0 Å². The first-order valence-electron chi connectivity index (χ1n) is 5.43. The molecule has 96 valence electrons. The maximum absolute atomic E-state index is 10.1. The quantitative estimate of drug-likeness (QED) is 0.453. The van der Waals surface area contributed by atoms with Gasteiger partial charge in [-0.2, -0.15) is 0 Å². The third-order valence-corrected chi connectivity index (χ3v) is 1.64.